The molecule has 1 fully saturated rings. The van der Waals surface area contributed by atoms with Gasteiger partial charge in [0.2, 0.25) is 0 Å². The van der Waals surface area contributed by atoms with Crippen LogP contribution in [-0.4, -0.2) is 46.3 Å². The maximum absolute atomic E-state index is 13.7. The van der Waals surface area contributed by atoms with Gasteiger partial charge in [0, 0.05) is 24.3 Å². The maximum Gasteiger partial charge on any atom is 0.309 e. The van der Waals surface area contributed by atoms with Crippen LogP contribution in [-0.2, 0) is 9.53 Å². The van der Waals surface area contributed by atoms with Crippen LogP contribution in [0.4, 0.5) is 15.8 Å². The molecule has 1 amide bonds. The quantitative estimate of drug-likeness (QED) is 0.221. The Bertz CT molecular complexity index is 1680. The van der Waals surface area contributed by atoms with Crippen LogP contribution in [0.2, 0.25) is 0 Å². The number of nitrogens with one attached hydrogen (secondary N) is 1. The minimum Gasteiger partial charge on any atom is -0.466 e. The summed E-state index contributed by atoms with van der Waals surface area (Å²) in [6, 6.07) is 19.9. The Morgan fingerprint density at radius 2 is 1.73 bits per heavy atom. The van der Waals surface area contributed by atoms with Gasteiger partial charge >= 0.3 is 5.97 Å². The van der Waals surface area contributed by atoms with E-state index in [4.69, 9.17) is 9.47 Å². The number of piperidine rings is 1. The predicted octanol–water partition coefficient (Wildman–Crippen LogP) is 6.45. The lowest BCUT2D eigenvalue weighted by Gasteiger charge is -2.31. The molecule has 0 saturated carbocycles. The van der Waals surface area contributed by atoms with Crippen LogP contribution in [0, 0.1) is 11.7 Å². The number of esters is 1. The highest BCUT2D eigenvalue weighted by atomic mass is 19.1. The van der Waals surface area contributed by atoms with Crippen molar-refractivity contribution in [3.05, 3.63) is 106 Å². The average molecular weight is 599 g/mol. The van der Waals surface area contributed by atoms with Crippen molar-refractivity contribution in [3.8, 4) is 17.2 Å². The van der Waals surface area contributed by atoms with Gasteiger partial charge in [-0.3, -0.25) is 14.4 Å². The van der Waals surface area contributed by atoms with Gasteiger partial charge in [0.25, 0.3) is 11.5 Å². The summed E-state index contributed by atoms with van der Waals surface area (Å²) < 4.78 is 26.0. The first-order valence-electron chi connectivity index (χ1n) is 14.7. The molecule has 4 aromatic rings. The minimum atomic E-state index is -0.501. The van der Waals surface area contributed by atoms with Gasteiger partial charge in [-0.1, -0.05) is 26.0 Å². The topological polar surface area (TPSA) is 103 Å². The number of likely N-dealkylation sites (tertiary alicyclic amines) is 1. The van der Waals surface area contributed by atoms with Crippen molar-refractivity contribution < 1.29 is 23.5 Å². The van der Waals surface area contributed by atoms with Gasteiger partial charge in [-0.25, -0.2) is 4.39 Å². The van der Waals surface area contributed by atoms with Crippen molar-refractivity contribution in [2.75, 3.05) is 25.0 Å². The van der Waals surface area contributed by atoms with E-state index < -0.39 is 11.4 Å². The van der Waals surface area contributed by atoms with Crippen LogP contribution < -0.4 is 15.6 Å². The molecule has 5 rings (SSSR count). The van der Waals surface area contributed by atoms with Gasteiger partial charge in [-0.15, -0.1) is 0 Å². The van der Waals surface area contributed by atoms with Gasteiger partial charge in [0.1, 0.15) is 11.6 Å². The average Bonchev–Trinajstić information content (AvgIpc) is 3.04. The molecular formula is C34H35FN4O5. The lowest BCUT2D eigenvalue weighted by Crippen LogP contribution is -2.40. The van der Waals surface area contributed by atoms with Crippen molar-refractivity contribution in [2.24, 2.45) is 5.92 Å². The molecule has 0 spiro atoms. The number of hydrogen-bond donors (Lipinski definition) is 1. The third-order valence-corrected chi connectivity index (χ3v) is 7.57. The first-order chi connectivity index (χ1) is 21.2. The highest BCUT2D eigenvalue weighted by Crippen LogP contribution is 2.31. The second kappa shape index (κ2) is 13.5. The monoisotopic (exact) mass is 598 g/mol. The van der Waals surface area contributed by atoms with E-state index in [1.54, 1.807) is 42.2 Å². The van der Waals surface area contributed by atoms with Crippen LogP contribution in [0.15, 0.2) is 83.8 Å². The Morgan fingerprint density at radius 1 is 1.02 bits per heavy atom. The van der Waals surface area contributed by atoms with E-state index in [2.05, 4.69) is 24.3 Å². The third-order valence-electron chi connectivity index (χ3n) is 7.57. The van der Waals surface area contributed by atoms with Gasteiger partial charge in [0.05, 0.1) is 24.4 Å². The van der Waals surface area contributed by atoms with E-state index >= 15 is 0 Å². The molecule has 228 valence electrons. The molecule has 0 radical (unpaired) electrons. The Kier molecular flexibility index (Phi) is 9.38. The van der Waals surface area contributed by atoms with Crippen LogP contribution in [0.25, 0.3) is 5.69 Å². The largest absolute Gasteiger partial charge is 0.466 e. The smallest absolute Gasteiger partial charge is 0.309 e. The van der Waals surface area contributed by atoms with Gasteiger partial charge in [0.15, 0.2) is 11.4 Å². The van der Waals surface area contributed by atoms with E-state index in [1.807, 2.05) is 18.2 Å². The molecular weight excluding hydrogens is 563 g/mol. The van der Waals surface area contributed by atoms with Gasteiger partial charge in [-0.2, -0.15) is 9.78 Å². The lowest BCUT2D eigenvalue weighted by molar-refractivity contribution is -0.149. The lowest BCUT2D eigenvalue weighted by atomic mass is 9.96. The molecule has 10 heteroatoms. The Labute approximate surface area is 255 Å². The molecule has 0 unspecified atom stereocenters. The maximum atomic E-state index is 13.7. The standard InChI is InChI=1S/C34H35FN4O5/c1-4-43-34(42)24-16-18-38(19-17-24)32(40)23-8-12-27(13-9-23)37-31-30(44-29-7-5-6-25(20-29)22(2)3)21-36-39(33(31)41)28-14-10-26(35)11-15-28/h5-15,20-22,24,37H,4,16-19H2,1-3H3. The van der Waals surface area contributed by atoms with E-state index in [-0.39, 0.29) is 35.1 Å². The fraction of sp³-hybridized carbons (Fsp3) is 0.294. The number of hydrogen-bond acceptors (Lipinski definition) is 7. The summed E-state index contributed by atoms with van der Waals surface area (Å²) in [5.41, 5.74) is 2.14. The number of aromatic nitrogens is 2. The third kappa shape index (κ3) is 6.96. The van der Waals surface area contributed by atoms with Crippen molar-refractivity contribution >= 4 is 23.3 Å². The van der Waals surface area contributed by atoms with Crippen LogP contribution >= 0.6 is 0 Å². The van der Waals surface area contributed by atoms with E-state index in [0.717, 1.165) is 10.2 Å². The number of halogens is 1. The molecule has 1 aromatic heterocycles. The van der Waals surface area contributed by atoms with E-state index in [1.165, 1.54) is 30.5 Å². The normalized spacial score (nSPS) is 13.5. The number of ether oxygens (including phenoxy) is 2. The summed E-state index contributed by atoms with van der Waals surface area (Å²) in [6.07, 6.45) is 2.57. The highest BCUT2D eigenvalue weighted by Gasteiger charge is 2.28. The zero-order chi connectivity index (χ0) is 31.2. The number of carbonyl (C=O) groups excluding carboxylic acids is 2. The van der Waals surface area contributed by atoms with Crippen LogP contribution in [0.5, 0.6) is 11.5 Å². The van der Waals surface area contributed by atoms with Crippen molar-refractivity contribution in [2.45, 2.75) is 39.5 Å². The molecule has 0 bridgehead atoms. The summed E-state index contributed by atoms with van der Waals surface area (Å²) in [7, 11) is 0. The molecule has 44 heavy (non-hydrogen) atoms. The Hall–Kier alpha value is -4.99. The molecule has 1 aliphatic heterocycles. The number of anilines is 2. The summed E-state index contributed by atoms with van der Waals surface area (Å²) in [5, 5.41) is 7.43. The van der Waals surface area contributed by atoms with Crippen molar-refractivity contribution in [1.29, 1.82) is 0 Å². The SMILES string of the molecule is CCOC(=O)C1CCN(C(=O)c2ccc(Nc3c(Oc4cccc(C(C)C)c4)cnn(-c4ccc(F)cc4)c3=O)cc2)CC1. The Morgan fingerprint density at radius 3 is 2.39 bits per heavy atom. The molecule has 0 atom stereocenters. The number of rotatable bonds is 9. The minimum absolute atomic E-state index is 0.124. The fourth-order valence-corrected chi connectivity index (χ4v) is 5.06. The number of nitrogens with zero attached hydrogens (tertiary/aromatic N) is 3. The molecule has 0 aliphatic carbocycles. The fourth-order valence-electron chi connectivity index (χ4n) is 5.06. The number of benzene rings is 3. The summed E-state index contributed by atoms with van der Waals surface area (Å²) in [6.45, 7) is 7.23. The Balaban J connectivity index is 1.38. The molecule has 3 aromatic carbocycles. The van der Waals surface area contributed by atoms with Crippen molar-refractivity contribution in [3.63, 3.8) is 0 Å². The molecule has 9 nitrogen and oxygen atoms in total. The number of carbonyl (C=O) groups is 2. The summed E-state index contributed by atoms with van der Waals surface area (Å²) in [4.78, 5) is 40.7. The van der Waals surface area contributed by atoms with Gasteiger partial charge < -0.3 is 19.7 Å². The highest BCUT2D eigenvalue weighted by molar-refractivity contribution is 5.94. The first kappa shape index (κ1) is 30.5. The molecule has 1 saturated heterocycles. The van der Waals surface area contributed by atoms with Crippen LogP contribution in [0.3, 0.4) is 0 Å². The van der Waals surface area contributed by atoms with E-state index in [0.29, 0.717) is 55.2 Å². The van der Waals surface area contributed by atoms with E-state index in [9.17, 15) is 18.8 Å². The predicted molar refractivity (Wildman–Crippen MR) is 165 cm³/mol. The number of amides is 1. The molecule has 1 N–H and O–H groups in total. The van der Waals surface area contributed by atoms with Crippen molar-refractivity contribution in [1.82, 2.24) is 14.7 Å². The molecule has 2 heterocycles. The van der Waals surface area contributed by atoms with Gasteiger partial charge in [-0.05, 0) is 91.9 Å². The summed E-state index contributed by atoms with van der Waals surface area (Å²) >= 11 is 0. The first-order valence-corrected chi connectivity index (χ1v) is 14.7. The second-order valence-electron chi connectivity index (χ2n) is 10.9. The summed E-state index contributed by atoms with van der Waals surface area (Å²) in [5.74, 6) is 0.0887. The zero-order valence-corrected chi connectivity index (χ0v) is 25.0. The molecule has 1 aliphatic rings. The van der Waals surface area contributed by atoms with Crippen LogP contribution in [0.1, 0.15) is 55.5 Å². The second-order valence-corrected chi connectivity index (χ2v) is 10.9. The zero-order valence-electron chi connectivity index (χ0n) is 25.0.